The first-order chi connectivity index (χ1) is 5.13. The van der Waals surface area contributed by atoms with Crippen molar-refractivity contribution < 1.29 is 14.4 Å². The van der Waals surface area contributed by atoms with E-state index in [1.54, 1.807) is 0 Å². The van der Waals surface area contributed by atoms with Gasteiger partial charge in [-0.2, -0.15) is 0 Å². The van der Waals surface area contributed by atoms with Gasteiger partial charge in [0.15, 0.2) is 0 Å². The smallest absolute Gasteiger partial charge is 0.314 e. The molecule has 0 fully saturated rings. The van der Waals surface area contributed by atoms with Gasteiger partial charge in [0.25, 0.3) is 0 Å². The van der Waals surface area contributed by atoms with Gasteiger partial charge in [-0.25, -0.2) is 0 Å². The Morgan fingerprint density at radius 1 is 1.18 bits per heavy atom. The van der Waals surface area contributed by atoms with E-state index >= 15 is 0 Å². The van der Waals surface area contributed by atoms with Crippen LogP contribution in [-0.4, -0.2) is 20.0 Å². The van der Waals surface area contributed by atoms with Crippen molar-refractivity contribution >= 4 is 23.7 Å². The molecule has 1 aromatic rings. The molecule has 0 heterocycles. The van der Waals surface area contributed by atoms with Crippen molar-refractivity contribution in [3.63, 3.8) is 0 Å². The van der Waals surface area contributed by atoms with E-state index in [-0.39, 0.29) is 0 Å². The van der Waals surface area contributed by atoms with E-state index < -0.39 is 8.25 Å². The van der Waals surface area contributed by atoms with Crippen molar-refractivity contribution in [2.24, 2.45) is 0 Å². The first kappa shape index (κ1) is 10.6. The predicted octanol–water partition coefficient (Wildman–Crippen LogP) is -0.962. The van der Waals surface area contributed by atoms with Crippen LogP contribution in [0, 0.1) is 0 Å². The van der Waals surface area contributed by atoms with Gasteiger partial charge in [0.1, 0.15) is 0 Å². The zero-order valence-electron chi connectivity index (χ0n) is 6.19. The minimum atomic E-state index is -3.13. The van der Waals surface area contributed by atoms with Gasteiger partial charge in [-0.1, -0.05) is 35.5 Å². The quantitative estimate of drug-likeness (QED) is 0.409. The molecule has 0 saturated heterocycles. The van der Waals surface area contributed by atoms with Crippen LogP contribution >= 0.6 is 8.25 Å². The fourth-order valence-corrected chi connectivity index (χ4v) is 0.919. The van der Waals surface area contributed by atoms with Crippen molar-refractivity contribution in [2.75, 3.05) is 0 Å². The first-order valence-corrected chi connectivity index (χ1v) is 5.36. The Balaban J connectivity index is 0.000000218. The van der Waals surface area contributed by atoms with Crippen LogP contribution < -0.4 is 5.19 Å². The van der Waals surface area contributed by atoms with Crippen molar-refractivity contribution in [1.82, 2.24) is 0 Å². The Bertz CT molecular complexity index is 210. The number of hydrogen-bond acceptors (Lipinski definition) is 1. The Labute approximate surface area is 69.1 Å². The topological polar surface area (TPSA) is 57.5 Å². The molecule has 0 saturated carbocycles. The molecule has 0 atom stereocenters. The second-order valence-corrected chi connectivity index (χ2v) is 3.66. The summed E-state index contributed by atoms with van der Waals surface area (Å²) in [4.78, 5) is 14.3. The second-order valence-electron chi connectivity index (χ2n) is 1.94. The van der Waals surface area contributed by atoms with Crippen molar-refractivity contribution in [2.45, 2.75) is 0 Å². The third-order valence-corrected chi connectivity index (χ3v) is 1.61. The summed E-state index contributed by atoms with van der Waals surface area (Å²) in [5.41, 5.74) is 0. The van der Waals surface area contributed by atoms with Crippen molar-refractivity contribution in [3.8, 4) is 0 Å². The molecule has 0 amide bonds. The highest BCUT2D eigenvalue weighted by Gasteiger charge is 1.72. The highest BCUT2D eigenvalue weighted by molar-refractivity contribution is 7.30. The van der Waals surface area contributed by atoms with Gasteiger partial charge in [-0.05, 0) is 0 Å². The molecule has 0 spiro atoms. The highest BCUT2D eigenvalue weighted by Crippen LogP contribution is 1.98. The number of benzene rings is 1. The molecule has 1 rings (SSSR count). The fourth-order valence-electron chi connectivity index (χ4n) is 0.534. The molecule has 1 aromatic carbocycles. The highest BCUT2D eigenvalue weighted by atomic mass is 31.1. The fraction of sp³-hybridized carbons (Fsp3) is 0. The molecular formula is C6H11O3PSi. The van der Waals surface area contributed by atoms with Crippen LogP contribution in [0.2, 0.25) is 0 Å². The van der Waals surface area contributed by atoms with Gasteiger partial charge in [0, 0.05) is 10.2 Å². The largest absolute Gasteiger partial charge is 0.326 e. The lowest BCUT2D eigenvalue weighted by molar-refractivity contribution is 0.405. The van der Waals surface area contributed by atoms with E-state index in [1.807, 2.05) is 6.07 Å². The summed E-state index contributed by atoms with van der Waals surface area (Å²) in [7, 11) is -1.96. The molecule has 62 valence electrons. The van der Waals surface area contributed by atoms with Crippen LogP contribution in [-0.2, 0) is 4.57 Å². The van der Waals surface area contributed by atoms with E-state index in [1.165, 1.54) is 15.4 Å². The maximum absolute atomic E-state index is 8.74. The maximum atomic E-state index is 8.74. The van der Waals surface area contributed by atoms with E-state index in [2.05, 4.69) is 24.3 Å². The van der Waals surface area contributed by atoms with Crippen LogP contribution in [0.25, 0.3) is 0 Å². The summed E-state index contributed by atoms with van der Waals surface area (Å²) in [5, 5.41) is 1.46. The summed E-state index contributed by atoms with van der Waals surface area (Å²) in [6, 6.07) is 10.5. The van der Waals surface area contributed by atoms with Crippen LogP contribution in [0.4, 0.5) is 0 Å². The second kappa shape index (κ2) is 6.31. The van der Waals surface area contributed by atoms with Crippen LogP contribution in [0.1, 0.15) is 0 Å². The van der Waals surface area contributed by atoms with E-state index in [0.717, 1.165) is 0 Å². The number of rotatable bonds is 0. The maximum Gasteiger partial charge on any atom is 0.314 e. The van der Waals surface area contributed by atoms with E-state index in [0.29, 0.717) is 0 Å². The van der Waals surface area contributed by atoms with E-state index in [4.69, 9.17) is 14.4 Å². The lowest BCUT2D eigenvalue weighted by Crippen LogP contribution is -1.97. The van der Waals surface area contributed by atoms with Gasteiger partial charge in [-0.3, -0.25) is 4.57 Å². The third kappa shape index (κ3) is 9.59. The van der Waals surface area contributed by atoms with Gasteiger partial charge in [0.2, 0.25) is 0 Å². The molecule has 0 bridgehead atoms. The first-order valence-electron chi connectivity index (χ1n) is 3.06. The molecule has 0 radical (unpaired) electrons. The Kier molecular flexibility index (Phi) is 6.07. The molecule has 3 nitrogen and oxygen atoms in total. The summed E-state index contributed by atoms with van der Waals surface area (Å²) in [6.07, 6.45) is 0. The zero-order valence-corrected chi connectivity index (χ0v) is 9.19. The zero-order chi connectivity index (χ0) is 8.69. The van der Waals surface area contributed by atoms with Crippen LogP contribution in [0.5, 0.6) is 0 Å². The third-order valence-electron chi connectivity index (χ3n) is 0.940. The summed E-state index contributed by atoms with van der Waals surface area (Å²) >= 11 is 0. The normalized spacial score (nSPS) is 9.00. The summed E-state index contributed by atoms with van der Waals surface area (Å²) in [6.45, 7) is 0. The molecule has 5 heteroatoms. The van der Waals surface area contributed by atoms with Gasteiger partial charge in [-0.15, -0.1) is 0 Å². The molecule has 0 aliphatic heterocycles. The predicted molar refractivity (Wildman–Crippen MR) is 49.5 cm³/mol. The van der Waals surface area contributed by atoms with Crippen molar-refractivity contribution in [3.05, 3.63) is 30.3 Å². The standard InChI is InChI=1S/C6H8Si.H3O3P/c7-6-4-2-1-3-5-6;1-4(2)3/h1-5H,7H3;4H,(H2,1,2,3). The summed E-state index contributed by atoms with van der Waals surface area (Å²) < 4.78 is 8.74. The average Bonchev–Trinajstić information content (AvgIpc) is 1.87. The Hall–Kier alpha value is -0.413. The van der Waals surface area contributed by atoms with Gasteiger partial charge >= 0.3 is 8.25 Å². The minimum absolute atomic E-state index is 1.17. The monoisotopic (exact) mass is 190 g/mol. The number of hydrogen-bond donors (Lipinski definition) is 2. The Morgan fingerprint density at radius 3 is 1.73 bits per heavy atom. The van der Waals surface area contributed by atoms with Crippen LogP contribution in [0.15, 0.2) is 30.3 Å². The van der Waals surface area contributed by atoms with Gasteiger partial charge < -0.3 is 9.79 Å². The molecule has 0 aromatic heterocycles. The van der Waals surface area contributed by atoms with Crippen LogP contribution in [0.3, 0.4) is 0 Å². The van der Waals surface area contributed by atoms with E-state index in [9.17, 15) is 0 Å². The Morgan fingerprint density at radius 2 is 1.55 bits per heavy atom. The molecule has 0 aliphatic carbocycles. The molecule has 11 heavy (non-hydrogen) atoms. The lowest BCUT2D eigenvalue weighted by Gasteiger charge is -1.82. The molecule has 0 unspecified atom stereocenters. The molecule has 2 N–H and O–H groups in total. The lowest BCUT2D eigenvalue weighted by atomic mass is 10.4. The average molecular weight is 190 g/mol. The minimum Gasteiger partial charge on any atom is -0.326 e. The molecule has 0 aliphatic rings. The van der Waals surface area contributed by atoms with Gasteiger partial charge in [0.05, 0.1) is 0 Å². The van der Waals surface area contributed by atoms with Crippen molar-refractivity contribution in [1.29, 1.82) is 0 Å². The molecular weight excluding hydrogens is 179 g/mol. The summed E-state index contributed by atoms with van der Waals surface area (Å²) in [5.74, 6) is 0. The SMILES string of the molecule is O=[PH](O)O.[SiH3]c1ccccc1.